The molecule has 104 valence electrons. The molecule has 0 radical (unpaired) electrons. The summed E-state index contributed by atoms with van der Waals surface area (Å²) in [6.07, 6.45) is 0. The quantitative estimate of drug-likeness (QED) is 0.857. The third-order valence-corrected chi connectivity index (χ3v) is 3.23. The van der Waals surface area contributed by atoms with Gasteiger partial charge in [0, 0.05) is 18.7 Å². The number of hydrogen-bond donors (Lipinski definition) is 1. The molecule has 0 aliphatic heterocycles. The highest BCUT2D eigenvalue weighted by Crippen LogP contribution is 2.13. The number of rotatable bonds is 5. The molecule has 0 aliphatic carbocycles. The van der Waals surface area contributed by atoms with Gasteiger partial charge < -0.3 is 5.73 Å². The Balaban J connectivity index is 2.07. The van der Waals surface area contributed by atoms with Gasteiger partial charge in [-0.3, -0.25) is 4.90 Å². The fraction of sp³-hybridized carbons (Fsp3) is 0.188. The van der Waals surface area contributed by atoms with Gasteiger partial charge in [-0.2, -0.15) is 0 Å². The van der Waals surface area contributed by atoms with Crippen LogP contribution in [-0.2, 0) is 13.1 Å². The minimum Gasteiger partial charge on any atom is -0.389 e. The maximum absolute atomic E-state index is 13.5. The Morgan fingerprint density at radius 3 is 2.40 bits per heavy atom. The van der Waals surface area contributed by atoms with Gasteiger partial charge in [0.25, 0.3) is 0 Å². The minimum atomic E-state index is -0.307. The first-order chi connectivity index (χ1) is 9.54. The van der Waals surface area contributed by atoms with E-state index in [0.717, 1.165) is 12.1 Å². The molecule has 0 saturated heterocycles. The average Bonchev–Trinajstić information content (AvgIpc) is 2.38. The third-order valence-electron chi connectivity index (χ3n) is 2.99. The maximum Gasteiger partial charge on any atom is 0.124 e. The average molecular weight is 288 g/mol. The van der Waals surface area contributed by atoms with E-state index in [1.807, 2.05) is 31.3 Å². The van der Waals surface area contributed by atoms with Crippen molar-refractivity contribution in [3.8, 4) is 0 Å². The van der Waals surface area contributed by atoms with Crippen molar-refractivity contribution in [1.29, 1.82) is 0 Å². The van der Waals surface area contributed by atoms with Crippen molar-refractivity contribution in [1.82, 2.24) is 4.90 Å². The standard InChI is InChI=1S/C16H17FN2S/c1-19(10-12-5-3-2-4-6-12)11-13-7-14(16(18)20)9-15(17)8-13/h2-9H,10-11H2,1H3,(H2,18,20). The summed E-state index contributed by atoms with van der Waals surface area (Å²) < 4.78 is 13.5. The van der Waals surface area contributed by atoms with Gasteiger partial charge in [-0.1, -0.05) is 42.5 Å². The van der Waals surface area contributed by atoms with E-state index in [-0.39, 0.29) is 10.8 Å². The summed E-state index contributed by atoms with van der Waals surface area (Å²) in [7, 11) is 2.00. The Bertz CT molecular complexity index is 599. The monoisotopic (exact) mass is 288 g/mol. The smallest absolute Gasteiger partial charge is 0.124 e. The normalized spacial score (nSPS) is 10.8. The number of hydrogen-bond acceptors (Lipinski definition) is 2. The van der Waals surface area contributed by atoms with E-state index in [0.29, 0.717) is 12.1 Å². The fourth-order valence-electron chi connectivity index (χ4n) is 2.15. The molecule has 0 amide bonds. The van der Waals surface area contributed by atoms with Crippen LogP contribution in [0.1, 0.15) is 16.7 Å². The topological polar surface area (TPSA) is 29.3 Å². The van der Waals surface area contributed by atoms with Gasteiger partial charge in [-0.25, -0.2) is 4.39 Å². The predicted molar refractivity (Wildman–Crippen MR) is 83.9 cm³/mol. The third kappa shape index (κ3) is 4.11. The van der Waals surface area contributed by atoms with Crippen LogP contribution in [0.4, 0.5) is 4.39 Å². The Labute approximate surface area is 124 Å². The lowest BCUT2D eigenvalue weighted by atomic mass is 10.1. The molecule has 2 aromatic rings. The molecule has 0 unspecified atom stereocenters. The highest BCUT2D eigenvalue weighted by molar-refractivity contribution is 7.80. The van der Waals surface area contributed by atoms with Crippen LogP contribution < -0.4 is 5.73 Å². The number of thiocarbonyl (C=S) groups is 1. The Morgan fingerprint density at radius 1 is 1.10 bits per heavy atom. The van der Waals surface area contributed by atoms with Crippen molar-refractivity contribution in [2.45, 2.75) is 13.1 Å². The summed E-state index contributed by atoms with van der Waals surface area (Å²) in [5.41, 5.74) is 8.22. The first-order valence-electron chi connectivity index (χ1n) is 6.36. The van der Waals surface area contributed by atoms with Gasteiger partial charge in [0.15, 0.2) is 0 Å². The minimum absolute atomic E-state index is 0.219. The molecule has 4 heteroatoms. The molecule has 0 aliphatic rings. The summed E-state index contributed by atoms with van der Waals surface area (Å²) in [5, 5.41) is 0. The molecule has 0 spiro atoms. The van der Waals surface area contributed by atoms with Gasteiger partial charge in [-0.15, -0.1) is 0 Å². The molecule has 0 heterocycles. The Hall–Kier alpha value is -1.78. The van der Waals surface area contributed by atoms with Gasteiger partial charge >= 0.3 is 0 Å². The molecule has 0 bridgehead atoms. The second kappa shape index (κ2) is 6.59. The molecule has 0 atom stereocenters. The second-order valence-corrected chi connectivity index (χ2v) is 5.31. The number of nitrogens with zero attached hydrogens (tertiary/aromatic N) is 1. The van der Waals surface area contributed by atoms with Crippen LogP contribution in [0.3, 0.4) is 0 Å². The van der Waals surface area contributed by atoms with E-state index in [4.69, 9.17) is 18.0 Å². The summed E-state index contributed by atoms with van der Waals surface area (Å²) in [6, 6.07) is 14.9. The lowest BCUT2D eigenvalue weighted by molar-refractivity contribution is 0.318. The number of benzene rings is 2. The summed E-state index contributed by atoms with van der Waals surface area (Å²) in [6.45, 7) is 1.45. The summed E-state index contributed by atoms with van der Waals surface area (Å²) in [4.78, 5) is 2.34. The van der Waals surface area contributed by atoms with Crippen LogP contribution in [0.5, 0.6) is 0 Å². The molecule has 20 heavy (non-hydrogen) atoms. The van der Waals surface area contributed by atoms with Crippen molar-refractivity contribution in [2.75, 3.05) is 7.05 Å². The van der Waals surface area contributed by atoms with E-state index in [2.05, 4.69) is 17.0 Å². The Kier molecular flexibility index (Phi) is 4.82. The zero-order valence-electron chi connectivity index (χ0n) is 11.3. The van der Waals surface area contributed by atoms with Gasteiger partial charge in [-0.05, 0) is 36.4 Å². The van der Waals surface area contributed by atoms with Crippen molar-refractivity contribution in [3.05, 3.63) is 71.0 Å². The second-order valence-electron chi connectivity index (χ2n) is 4.87. The zero-order chi connectivity index (χ0) is 14.5. The molecule has 2 rings (SSSR count). The molecule has 2 aromatic carbocycles. The zero-order valence-corrected chi connectivity index (χ0v) is 12.2. The largest absolute Gasteiger partial charge is 0.389 e. The molecule has 0 saturated carbocycles. The van der Waals surface area contributed by atoms with Crippen LogP contribution in [0, 0.1) is 5.82 Å². The van der Waals surface area contributed by atoms with Gasteiger partial charge in [0.1, 0.15) is 10.8 Å². The molecule has 2 nitrogen and oxygen atoms in total. The van der Waals surface area contributed by atoms with Crippen LogP contribution in [-0.4, -0.2) is 16.9 Å². The lowest BCUT2D eigenvalue weighted by Crippen LogP contribution is -2.18. The maximum atomic E-state index is 13.5. The van der Waals surface area contributed by atoms with E-state index < -0.39 is 0 Å². The van der Waals surface area contributed by atoms with E-state index in [9.17, 15) is 4.39 Å². The summed E-state index contributed by atoms with van der Waals surface area (Å²) in [5.74, 6) is -0.307. The lowest BCUT2D eigenvalue weighted by Gasteiger charge is -2.17. The summed E-state index contributed by atoms with van der Waals surface area (Å²) >= 11 is 4.90. The van der Waals surface area contributed by atoms with Crippen LogP contribution in [0.15, 0.2) is 48.5 Å². The van der Waals surface area contributed by atoms with Gasteiger partial charge in [0.2, 0.25) is 0 Å². The molecule has 0 aromatic heterocycles. The molecule has 0 fully saturated rings. The van der Waals surface area contributed by atoms with Crippen LogP contribution in [0.2, 0.25) is 0 Å². The van der Waals surface area contributed by atoms with Crippen molar-refractivity contribution >= 4 is 17.2 Å². The molecular weight excluding hydrogens is 271 g/mol. The fourth-order valence-corrected chi connectivity index (χ4v) is 2.26. The number of halogens is 1. The van der Waals surface area contributed by atoms with Crippen LogP contribution >= 0.6 is 12.2 Å². The highest BCUT2D eigenvalue weighted by atomic mass is 32.1. The molecule has 2 N–H and O–H groups in total. The predicted octanol–water partition coefficient (Wildman–Crippen LogP) is 3.09. The molecular formula is C16H17FN2S. The Morgan fingerprint density at radius 2 is 1.75 bits per heavy atom. The van der Waals surface area contributed by atoms with Crippen molar-refractivity contribution < 1.29 is 4.39 Å². The van der Waals surface area contributed by atoms with Crippen LogP contribution in [0.25, 0.3) is 0 Å². The highest BCUT2D eigenvalue weighted by Gasteiger charge is 2.06. The van der Waals surface area contributed by atoms with Crippen molar-refractivity contribution in [3.63, 3.8) is 0 Å². The van der Waals surface area contributed by atoms with Crippen molar-refractivity contribution in [2.24, 2.45) is 5.73 Å². The SMILES string of the molecule is CN(Cc1ccccc1)Cc1cc(F)cc(C(N)=S)c1. The van der Waals surface area contributed by atoms with E-state index >= 15 is 0 Å². The van der Waals surface area contributed by atoms with E-state index in [1.54, 1.807) is 0 Å². The first kappa shape index (κ1) is 14.6. The number of nitrogens with two attached hydrogens (primary N) is 1. The first-order valence-corrected chi connectivity index (χ1v) is 6.77. The van der Waals surface area contributed by atoms with E-state index in [1.165, 1.54) is 17.7 Å². The van der Waals surface area contributed by atoms with Gasteiger partial charge in [0.05, 0.1) is 0 Å².